The normalized spacial score (nSPS) is 17.2. The van der Waals surface area contributed by atoms with Gasteiger partial charge < -0.3 is 10.2 Å². The van der Waals surface area contributed by atoms with E-state index in [1.807, 2.05) is 31.2 Å². The number of aryl methyl sites for hydroxylation is 2. The highest BCUT2D eigenvalue weighted by Gasteiger charge is 2.30. The molecule has 0 bridgehead atoms. The first-order valence-electron chi connectivity index (χ1n) is 9.15. The van der Waals surface area contributed by atoms with Crippen LogP contribution in [0.15, 0.2) is 24.3 Å². The van der Waals surface area contributed by atoms with Crippen molar-refractivity contribution in [3.8, 4) is 0 Å². The van der Waals surface area contributed by atoms with E-state index in [-0.39, 0.29) is 17.7 Å². The first kappa shape index (κ1) is 19.8. The Morgan fingerprint density at radius 1 is 1.33 bits per heavy atom. The summed E-state index contributed by atoms with van der Waals surface area (Å²) in [5.41, 5.74) is 2.08. The van der Waals surface area contributed by atoms with Crippen molar-refractivity contribution in [2.45, 2.75) is 39.7 Å². The van der Waals surface area contributed by atoms with Crippen LogP contribution in [0.5, 0.6) is 0 Å². The van der Waals surface area contributed by atoms with Crippen LogP contribution in [0.3, 0.4) is 0 Å². The lowest BCUT2D eigenvalue weighted by atomic mass is 9.96. The Labute approximate surface area is 168 Å². The van der Waals surface area contributed by atoms with Gasteiger partial charge in [0.1, 0.15) is 0 Å². The molecule has 0 radical (unpaired) electrons. The number of likely N-dealkylation sites (tertiary alicyclic amines) is 1. The van der Waals surface area contributed by atoms with Crippen molar-refractivity contribution in [1.82, 2.24) is 15.2 Å². The molecule has 27 heavy (non-hydrogen) atoms. The third-order valence-electron chi connectivity index (χ3n) is 4.87. The first-order valence-corrected chi connectivity index (χ1v) is 10.3. The van der Waals surface area contributed by atoms with Gasteiger partial charge in [-0.2, -0.15) is 0 Å². The zero-order valence-corrected chi connectivity index (χ0v) is 17.2. The second-order valence-electron chi connectivity index (χ2n) is 6.93. The molecular formula is C20H24ClN3O2S. The number of hydrogen-bond donors (Lipinski definition) is 1. The predicted molar refractivity (Wildman–Crippen MR) is 108 cm³/mol. The number of amides is 2. The van der Waals surface area contributed by atoms with Crippen molar-refractivity contribution in [1.29, 1.82) is 0 Å². The first-order chi connectivity index (χ1) is 12.9. The molecule has 7 heteroatoms. The Hall–Kier alpha value is -1.92. The Kier molecular flexibility index (Phi) is 6.50. The van der Waals surface area contributed by atoms with Gasteiger partial charge in [0.15, 0.2) is 0 Å². The zero-order chi connectivity index (χ0) is 19.4. The van der Waals surface area contributed by atoms with Gasteiger partial charge in [-0.1, -0.05) is 23.7 Å². The molecule has 1 saturated heterocycles. The van der Waals surface area contributed by atoms with Crippen LogP contribution in [0.1, 0.15) is 34.0 Å². The van der Waals surface area contributed by atoms with Crippen LogP contribution in [-0.2, 0) is 22.6 Å². The Morgan fingerprint density at radius 3 is 2.74 bits per heavy atom. The van der Waals surface area contributed by atoms with Gasteiger partial charge in [-0.25, -0.2) is 4.98 Å². The van der Waals surface area contributed by atoms with Gasteiger partial charge >= 0.3 is 0 Å². The van der Waals surface area contributed by atoms with Gasteiger partial charge in [0, 0.05) is 42.4 Å². The average Bonchev–Trinajstić information content (AvgIpc) is 2.96. The molecule has 1 atom stereocenters. The molecule has 0 saturated carbocycles. The third-order valence-corrected chi connectivity index (χ3v) is 6.25. The molecule has 2 aromatic rings. The van der Waals surface area contributed by atoms with Crippen molar-refractivity contribution >= 4 is 34.8 Å². The van der Waals surface area contributed by atoms with Gasteiger partial charge in [-0.3, -0.25) is 9.59 Å². The second kappa shape index (κ2) is 8.85. The Morgan fingerprint density at radius 2 is 2.07 bits per heavy atom. The van der Waals surface area contributed by atoms with Crippen LogP contribution in [0.25, 0.3) is 0 Å². The monoisotopic (exact) mass is 405 g/mol. The lowest BCUT2D eigenvalue weighted by Crippen LogP contribution is -2.45. The maximum atomic E-state index is 12.5. The van der Waals surface area contributed by atoms with E-state index in [1.54, 1.807) is 16.2 Å². The number of carbonyl (C=O) groups excluding carboxylic acids is 2. The second-order valence-corrected chi connectivity index (χ2v) is 8.65. The number of carbonyl (C=O) groups is 2. The van der Waals surface area contributed by atoms with Crippen molar-refractivity contribution < 1.29 is 9.59 Å². The fourth-order valence-electron chi connectivity index (χ4n) is 3.17. The quantitative estimate of drug-likeness (QED) is 0.799. The van der Waals surface area contributed by atoms with E-state index in [2.05, 4.69) is 17.2 Å². The smallest absolute Gasteiger partial charge is 0.224 e. The summed E-state index contributed by atoms with van der Waals surface area (Å²) < 4.78 is 0. The van der Waals surface area contributed by atoms with Crippen LogP contribution in [0, 0.1) is 19.8 Å². The number of piperidine rings is 1. The van der Waals surface area contributed by atoms with Crippen molar-refractivity contribution in [3.63, 3.8) is 0 Å². The molecule has 1 aliphatic heterocycles. The Bertz CT molecular complexity index is 800. The molecule has 1 N–H and O–H groups in total. The minimum Gasteiger partial charge on any atom is -0.355 e. The van der Waals surface area contributed by atoms with Gasteiger partial charge in [-0.15, -0.1) is 11.3 Å². The maximum absolute atomic E-state index is 12.5. The molecule has 1 aromatic carbocycles. The van der Waals surface area contributed by atoms with Gasteiger partial charge in [-0.05, 0) is 38.0 Å². The summed E-state index contributed by atoms with van der Waals surface area (Å²) >= 11 is 7.59. The number of nitrogens with one attached hydrogen (secondary N) is 1. The molecule has 144 valence electrons. The number of rotatable bonds is 6. The molecule has 2 amide bonds. The fraction of sp³-hybridized carbons (Fsp3) is 0.450. The Balaban J connectivity index is 1.50. The lowest BCUT2D eigenvalue weighted by Gasteiger charge is -2.32. The number of benzene rings is 1. The highest BCUT2D eigenvalue weighted by molar-refractivity contribution is 7.11. The molecular weight excluding hydrogens is 382 g/mol. The van der Waals surface area contributed by atoms with E-state index in [4.69, 9.17) is 11.6 Å². The molecule has 3 rings (SSSR count). The summed E-state index contributed by atoms with van der Waals surface area (Å²) in [6, 6.07) is 7.46. The number of hydrogen-bond acceptors (Lipinski definition) is 4. The molecule has 0 spiro atoms. The molecule has 1 aliphatic rings. The standard InChI is InChI=1S/C20H24ClN3O2S/c1-13-14(2)27-18(23-13)9-10-22-20(26)16-5-8-19(25)24(12-16)11-15-3-6-17(21)7-4-15/h3-4,6-7,16H,5,8-12H2,1-2H3,(H,22,26)/t16-/m1/s1. The summed E-state index contributed by atoms with van der Waals surface area (Å²) in [5.74, 6) is -0.0360. The van der Waals surface area contributed by atoms with Crippen LogP contribution < -0.4 is 5.32 Å². The molecule has 0 unspecified atom stereocenters. The zero-order valence-electron chi connectivity index (χ0n) is 15.6. The van der Waals surface area contributed by atoms with Crippen LogP contribution >= 0.6 is 22.9 Å². The minimum absolute atomic E-state index is 0.0219. The van der Waals surface area contributed by atoms with E-state index < -0.39 is 0 Å². The third kappa shape index (κ3) is 5.30. The van der Waals surface area contributed by atoms with Gasteiger partial charge in [0.2, 0.25) is 11.8 Å². The maximum Gasteiger partial charge on any atom is 0.224 e. The number of thiazole rings is 1. The van der Waals surface area contributed by atoms with Gasteiger partial charge in [0.05, 0.1) is 16.6 Å². The summed E-state index contributed by atoms with van der Waals surface area (Å²) in [6.45, 7) is 5.61. The highest BCUT2D eigenvalue weighted by Crippen LogP contribution is 2.21. The predicted octanol–water partition coefficient (Wildman–Crippen LogP) is 3.51. The summed E-state index contributed by atoms with van der Waals surface area (Å²) in [4.78, 5) is 32.2. The molecule has 2 heterocycles. The summed E-state index contributed by atoms with van der Waals surface area (Å²) in [5, 5.41) is 4.73. The number of nitrogens with zero attached hydrogens (tertiary/aromatic N) is 2. The topological polar surface area (TPSA) is 62.3 Å². The minimum atomic E-state index is -0.158. The summed E-state index contributed by atoms with van der Waals surface area (Å²) in [6.07, 6.45) is 1.76. The van der Waals surface area contributed by atoms with Crippen LogP contribution in [0.4, 0.5) is 0 Å². The lowest BCUT2D eigenvalue weighted by molar-refractivity contribution is -0.138. The SMILES string of the molecule is Cc1nc(CCNC(=O)[C@@H]2CCC(=O)N(Cc3ccc(Cl)cc3)C2)sc1C. The average molecular weight is 406 g/mol. The molecule has 1 fully saturated rings. The molecule has 5 nitrogen and oxygen atoms in total. The van der Waals surface area contributed by atoms with Crippen LogP contribution in [0.2, 0.25) is 5.02 Å². The largest absolute Gasteiger partial charge is 0.355 e. The summed E-state index contributed by atoms with van der Waals surface area (Å²) in [7, 11) is 0. The van der Waals surface area contributed by atoms with E-state index >= 15 is 0 Å². The van der Waals surface area contributed by atoms with E-state index in [1.165, 1.54) is 4.88 Å². The van der Waals surface area contributed by atoms with Crippen molar-refractivity contribution in [3.05, 3.63) is 50.4 Å². The van der Waals surface area contributed by atoms with Crippen molar-refractivity contribution in [2.24, 2.45) is 5.92 Å². The number of halogens is 1. The van der Waals surface area contributed by atoms with Crippen molar-refractivity contribution in [2.75, 3.05) is 13.1 Å². The van der Waals surface area contributed by atoms with E-state index in [0.717, 1.165) is 22.7 Å². The van der Waals surface area contributed by atoms with Gasteiger partial charge in [0.25, 0.3) is 0 Å². The number of aromatic nitrogens is 1. The molecule has 0 aliphatic carbocycles. The van der Waals surface area contributed by atoms with E-state index in [9.17, 15) is 9.59 Å². The highest BCUT2D eigenvalue weighted by atomic mass is 35.5. The fourth-order valence-corrected chi connectivity index (χ4v) is 4.23. The molecule has 1 aromatic heterocycles. The van der Waals surface area contributed by atoms with Crippen LogP contribution in [-0.4, -0.2) is 34.8 Å². The van der Waals surface area contributed by atoms with E-state index in [0.29, 0.717) is 37.5 Å².